The Balaban J connectivity index is 2.72. The molecule has 3 heteroatoms. The number of aryl methyl sites for hydroxylation is 1. The molecule has 66 valence electrons. The molecule has 0 aliphatic carbocycles. The number of hydrogen-bond donors (Lipinski definition) is 1. The van der Waals surface area contributed by atoms with Crippen LogP contribution in [0.5, 0.6) is 0 Å². The predicted molar refractivity (Wildman–Crippen MR) is 54.4 cm³/mol. The summed E-state index contributed by atoms with van der Waals surface area (Å²) in [6, 6.07) is 6.15. The van der Waals surface area contributed by atoms with Gasteiger partial charge in [0, 0.05) is 11.6 Å². The lowest BCUT2D eigenvalue weighted by atomic mass is 10.2. The molecule has 0 unspecified atom stereocenters. The number of hydrogen-bond acceptors (Lipinski definition) is 2. The molecule has 0 heterocycles. The zero-order valence-corrected chi connectivity index (χ0v) is 8.81. The van der Waals surface area contributed by atoms with Crippen LogP contribution in [-0.2, 0) is 4.74 Å². The van der Waals surface area contributed by atoms with Gasteiger partial charge in [0.1, 0.15) is 6.73 Å². The predicted octanol–water partition coefficient (Wildman–Crippen LogP) is 2.77. The van der Waals surface area contributed by atoms with E-state index in [4.69, 9.17) is 4.74 Å². The van der Waals surface area contributed by atoms with Gasteiger partial charge in [-0.25, -0.2) is 0 Å². The summed E-state index contributed by atoms with van der Waals surface area (Å²) >= 11 is 3.46. The molecule has 1 aromatic carbocycles. The molecule has 1 N–H and O–H groups in total. The molecule has 0 saturated carbocycles. The molecule has 0 atom stereocenters. The summed E-state index contributed by atoms with van der Waals surface area (Å²) < 4.78 is 5.97. The van der Waals surface area contributed by atoms with Crippen molar-refractivity contribution in [2.45, 2.75) is 6.92 Å². The van der Waals surface area contributed by atoms with E-state index >= 15 is 0 Å². The number of ether oxygens (including phenoxy) is 1. The Morgan fingerprint density at radius 1 is 1.50 bits per heavy atom. The first-order valence-corrected chi connectivity index (χ1v) is 4.52. The molecule has 0 aromatic heterocycles. The molecule has 0 saturated heterocycles. The van der Waals surface area contributed by atoms with Crippen LogP contribution in [0.2, 0.25) is 0 Å². The Hall–Kier alpha value is -0.540. The summed E-state index contributed by atoms with van der Waals surface area (Å²) in [7, 11) is 1.66. The maximum Gasteiger partial charge on any atom is 0.116 e. The molecule has 0 aliphatic rings. The smallest absolute Gasteiger partial charge is 0.116 e. The second-order valence-electron chi connectivity index (χ2n) is 2.59. The van der Waals surface area contributed by atoms with Crippen LogP contribution >= 0.6 is 15.9 Å². The fourth-order valence-electron chi connectivity index (χ4n) is 0.913. The molecule has 1 rings (SSSR count). The first kappa shape index (κ1) is 9.55. The normalized spacial score (nSPS) is 9.92. The van der Waals surface area contributed by atoms with Crippen LogP contribution in [0.25, 0.3) is 0 Å². The van der Waals surface area contributed by atoms with Gasteiger partial charge in [0.05, 0.1) is 5.69 Å². The van der Waals surface area contributed by atoms with Gasteiger partial charge in [0.2, 0.25) is 0 Å². The third-order valence-electron chi connectivity index (χ3n) is 1.53. The average molecular weight is 230 g/mol. The Labute approximate surface area is 81.1 Å². The summed E-state index contributed by atoms with van der Waals surface area (Å²) in [5.74, 6) is 0. The Kier molecular flexibility index (Phi) is 3.56. The zero-order chi connectivity index (χ0) is 8.97. The van der Waals surface area contributed by atoms with Crippen LogP contribution in [-0.4, -0.2) is 13.8 Å². The molecule has 0 amide bonds. The molecule has 0 bridgehead atoms. The minimum Gasteiger partial charge on any atom is -0.365 e. The SMILES string of the molecule is COCNc1ccc(C)cc1Br. The van der Waals surface area contributed by atoms with E-state index in [1.54, 1.807) is 7.11 Å². The van der Waals surface area contributed by atoms with Crippen molar-refractivity contribution in [3.05, 3.63) is 28.2 Å². The van der Waals surface area contributed by atoms with Gasteiger partial charge in [0.15, 0.2) is 0 Å². The summed E-state index contributed by atoms with van der Waals surface area (Å²) in [4.78, 5) is 0. The van der Waals surface area contributed by atoms with Crippen molar-refractivity contribution in [1.82, 2.24) is 0 Å². The van der Waals surface area contributed by atoms with Crippen LogP contribution < -0.4 is 5.32 Å². The second kappa shape index (κ2) is 4.48. The maximum absolute atomic E-state index is 4.90. The van der Waals surface area contributed by atoms with Crippen molar-refractivity contribution in [2.24, 2.45) is 0 Å². The van der Waals surface area contributed by atoms with Crippen molar-refractivity contribution < 1.29 is 4.74 Å². The molecule has 0 spiro atoms. The van der Waals surface area contributed by atoms with E-state index in [2.05, 4.69) is 40.3 Å². The highest BCUT2D eigenvalue weighted by Crippen LogP contribution is 2.22. The molecular formula is C9H12BrNO. The Bertz CT molecular complexity index is 263. The number of rotatable bonds is 3. The average Bonchev–Trinajstić information content (AvgIpc) is 2.03. The molecule has 0 radical (unpaired) electrons. The first-order chi connectivity index (χ1) is 5.74. The van der Waals surface area contributed by atoms with Crippen molar-refractivity contribution >= 4 is 21.6 Å². The molecule has 2 nitrogen and oxygen atoms in total. The van der Waals surface area contributed by atoms with Gasteiger partial charge < -0.3 is 10.1 Å². The van der Waals surface area contributed by atoms with E-state index in [-0.39, 0.29) is 0 Å². The fourth-order valence-corrected chi connectivity index (χ4v) is 1.55. The van der Waals surface area contributed by atoms with Gasteiger partial charge in [0.25, 0.3) is 0 Å². The highest BCUT2D eigenvalue weighted by molar-refractivity contribution is 9.10. The van der Waals surface area contributed by atoms with E-state index in [1.165, 1.54) is 5.56 Å². The summed E-state index contributed by atoms with van der Waals surface area (Å²) in [6.45, 7) is 2.59. The van der Waals surface area contributed by atoms with Crippen LogP contribution in [0.4, 0.5) is 5.69 Å². The third kappa shape index (κ3) is 2.50. The van der Waals surface area contributed by atoms with Crippen LogP contribution in [0.3, 0.4) is 0 Å². The lowest BCUT2D eigenvalue weighted by Crippen LogP contribution is -2.03. The number of nitrogens with one attached hydrogen (secondary N) is 1. The molecular weight excluding hydrogens is 218 g/mol. The number of halogens is 1. The van der Waals surface area contributed by atoms with E-state index in [1.807, 2.05) is 6.07 Å². The largest absolute Gasteiger partial charge is 0.365 e. The van der Waals surface area contributed by atoms with Gasteiger partial charge in [-0.3, -0.25) is 0 Å². The van der Waals surface area contributed by atoms with Crippen molar-refractivity contribution in [3.8, 4) is 0 Å². The Morgan fingerprint density at radius 3 is 2.83 bits per heavy atom. The van der Waals surface area contributed by atoms with Gasteiger partial charge in [-0.2, -0.15) is 0 Å². The summed E-state index contributed by atoms with van der Waals surface area (Å²) in [5, 5.41) is 3.12. The third-order valence-corrected chi connectivity index (χ3v) is 2.19. The topological polar surface area (TPSA) is 21.3 Å². The lowest BCUT2D eigenvalue weighted by molar-refractivity contribution is 0.221. The minimum absolute atomic E-state index is 0.529. The monoisotopic (exact) mass is 229 g/mol. The highest BCUT2D eigenvalue weighted by atomic mass is 79.9. The van der Waals surface area contributed by atoms with Gasteiger partial charge >= 0.3 is 0 Å². The summed E-state index contributed by atoms with van der Waals surface area (Å²) in [6.07, 6.45) is 0. The standard InChI is InChI=1S/C9H12BrNO/c1-7-3-4-9(8(10)5-7)11-6-12-2/h3-5,11H,6H2,1-2H3. The second-order valence-corrected chi connectivity index (χ2v) is 3.45. The molecule has 0 fully saturated rings. The van der Waals surface area contributed by atoms with Crippen LogP contribution in [0.15, 0.2) is 22.7 Å². The number of benzene rings is 1. The number of methoxy groups -OCH3 is 1. The highest BCUT2D eigenvalue weighted by Gasteiger charge is 1.97. The minimum atomic E-state index is 0.529. The number of anilines is 1. The zero-order valence-electron chi connectivity index (χ0n) is 7.23. The fraction of sp³-hybridized carbons (Fsp3) is 0.333. The van der Waals surface area contributed by atoms with Crippen LogP contribution in [0, 0.1) is 6.92 Å². The van der Waals surface area contributed by atoms with Crippen molar-refractivity contribution in [3.63, 3.8) is 0 Å². The van der Waals surface area contributed by atoms with Gasteiger partial charge in [-0.15, -0.1) is 0 Å². The van der Waals surface area contributed by atoms with Crippen molar-refractivity contribution in [1.29, 1.82) is 0 Å². The van der Waals surface area contributed by atoms with Crippen LogP contribution in [0.1, 0.15) is 5.56 Å². The molecule has 0 aliphatic heterocycles. The molecule has 12 heavy (non-hydrogen) atoms. The van der Waals surface area contributed by atoms with E-state index < -0.39 is 0 Å². The summed E-state index contributed by atoms with van der Waals surface area (Å²) in [5.41, 5.74) is 2.30. The van der Waals surface area contributed by atoms with E-state index in [0.717, 1.165) is 10.2 Å². The van der Waals surface area contributed by atoms with E-state index in [9.17, 15) is 0 Å². The molecule has 1 aromatic rings. The van der Waals surface area contributed by atoms with Gasteiger partial charge in [-0.05, 0) is 40.5 Å². The van der Waals surface area contributed by atoms with Crippen molar-refractivity contribution in [2.75, 3.05) is 19.2 Å². The van der Waals surface area contributed by atoms with Gasteiger partial charge in [-0.1, -0.05) is 6.07 Å². The van der Waals surface area contributed by atoms with E-state index in [0.29, 0.717) is 6.73 Å². The first-order valence-electron chi connectivity index (χ1n) is 3.73. The quantitative estimate of drug-likeness (QED) is 0.806. The lowest BCUT2D eigenvalue weighted by Gasteiger charge is -2.07. The Morgan fingerprint density at radius 2 is 2.25 bits per heavy atom. The maximum atomic E-state index is 4.90.